The molecular formula is C32H36F2N6O3. The summed E-state index contributed by atoms with van der Waals surface area (Å²) in [7, 11) is 5.95. The lowest BCUT2D eigenvalue weighted by Gasteiger charge is -2.42. The first-order valence-corrected chi connectivity index (χ1v) is 13.8. The molecule has 0 atom stereocenters. The number of fused-ring (bicyclic) bond motifs is 1. The highest BCUT2D eigenvalue weighted by atomic mass is 19.1. The number of benzene rings is 2. The zero-order chi connectivity index (χ0) is 31.3. The van der Waals surface area contributed by atoms with Gasteiger partial charge in [-0.15, -0.1) is 0 Å². The summed E-state index contributed by atoms with van der Waals surface area (Å²) >= 11 is 0. The molecule has 0 saturated carbocycles. The molecule has 226 valence electrons. The summed E-state index contributed by atoms with van der Waals surface area (Å²) in [6, 6.07) is 10.2. The van der Waals surface area contributed by atoms with Crippen LogP contribution in [0, 0.1) is 17.0 Å². The third-order valence-corrected chi connectivity index (χ3v) is 7.09. The van der Waals surface area contributed by atoms with Crippen molar-refractivity contribution in [3.8, 4) is 11.5 Å². The molecule has 0 aliphatic carbocycles. The molecule has 0 bridgehead atoms. The molecule has 1 aliphatic heterocycles. The molecule has 3 N–H and O–H groups in total. The van der Waals surface area contributed by atoms with E-state index in [0.29, 0.717) is 46.9 Å². The van der Waals surface area contributed by atoms with Gasteiger partial charge in [-0.1, -0.05) is 19.1 Å². The second-order valence-electron chi connectivity index (χ2n) is 9.85. The Bertz CT molecular complexity index is 1560. The molecule has 2 heterocycles. The van der Waals surface area contributed by atoms with Gasteiger partial charge in [-0.2, -0.15) is 0 Å². The average Bonchev–Trinajstić information content (AvgIpc) is 3.01. The van der Waals surface area contributed by atoms with Crippen LogP contribution in [-0.2, 0) is 13.1 Å². The molecule has 0 saturated heterocycles. The molecule has 4 rings (SSSR count). The fourth-order valence-electron chi connectivity index (χ4n) is 4.99. The van der Waals surface area contributed by atoms with Crippen LogP contribution in [0.2, 0.25) is 0 Å². The highest BCUT2D eigenvalue weighted by molar-refractivity contribution is 6.20. The topological polar surface area (TPSA) is 103 Å². The van der Waals surface area contributed by atoms with Crippen molar-refractivity contribution in [2.45, 2.75) is 33.4 Å². The van der Waals surface area contributed by atoms with E-state index in [9.17, 15) is 4.79 Å². The Hall–Kier alpha value is -4.93. The van der Waals surface area contributed by atoms with Gasteiger partial charge in [-0.3, -0.25) is 9.78 Å². The Morgan fingerprint density at radius 3 is 2.28 bits per heavy atom. The number of allylic oxidation sites excluding steroid dienone is 2. The molecule has 43 heavy (non-hydrogen) atoms. The zero-order valence-corrected chi connectivity index (χ0v) is 25.1. The molecule has 1 amide bonds. The Balaban J connectivity index is 1.95. The molecule has 1 aliphatic rings. The van der Waals surface area contributed by atoms with E-state index in [4.69, 9.17) is 14.9 Å². The van der Waals surface area contributed by atoms with E-state index in [0.717, 1.165) is 11.3 Å². The summed E-state index contributed by atoms with van der Waals surface area (Å²) in [5, 5.41) is 13.9. The smallest absolute Gasteiger partial charge is 0.251 e. The van der Waals surface area contributed by atoms with Gasteiger partial charge < -0.3 is 35.3 Å². The molecular weight excluding hydrogens is 554 g/mol. The summed E-state index contributed by atoms with van der Waals surface area (Å²) in [5.74, 6) is -1.67. The quantitative estimate of drug-likeness (QED) is 0.264. The second kappa shape index (κ2) is 13.4. The number of pyridine rings is 1. The van der Waals surface area contributed by atoms with Crippen molar-refractivity contribution in [1.29, 1.82) is 5.41 Å². The molecule has 9 nitrogen and oxygen atoms in total. The predicted octanol–water partition coefficient (Wildman–Crippen LogP) is 5.61. The van der Waals surface area contributed by atoms with Crippen molar-refractivity contribution >= 4 is 28.6 Å². The van der Waals surface area contributed by atoms with E-state index in [-0.39, 0.29) is 29.6 Å². The molecule has 0 unspecified atom stereocenters. The highest BCUT2D eigenvalue weighted by Gasteiger charge is 2.34. The lowest BCUT2D eigenvalue weighted by Crippen LogP contribution is -2.41. The molecule has 2 aromatic carbocycles. The molecule has 3 aromatic rings. The molecule has 1 aromatic heterocycles. The Morgan fingerprint density at radius 2 is 1.74 bits per heavy atom. The summed E-state index contributed by atoms with van der Waals surface area (Å²) in [6.45, 7) is 4.05. The van der Waals surface area contributed by atoms with Crippen molar-refractivity contribution in [2.24, 2.45) is 0 Å². The van der Waals surface area contributed by atoms with Gasteiger partial charge in [0.05, 0.1) is 32.1 Å². The van der Waals surface area contributed by atoms with Crippen molar-refractivity contribution in [2.75, 3.05) is 38.1 Å². The normalized spacial score (nSPS) is 14.0. The van der Waals surface area contributed by atoms with Crippen molar-refractivity contribution in [3.63, 3.8) is 0 Å². The van der Waals surface area contributed by atoms with Crippen LogP contribution in [0.5, 0.6) is 11.5 Å². The maximum atomic E-state index is 15.9. The van der Waals surface area contributed by atoms with Crippen LogP contribution in [0.15, 0.2) is 60.7 Å². The number of carbonyl (C=O) groups excluding carboxylic acids is 1. The van der Waals surface area contributed by atoms with Crippen LogP contribution < -0.4 is 29.9 Å². The maximum Gasteiger partial charge on any atom is 0.251 e. The fraction of sp³-hybridized carbons (Fsp3) is 0.281. The van der Waals surface area contributed by atoms with Crippen molar-refractivity contribution < 1.29 is 23.0 Å². The van der Waals surface area contributed by atoms with Gasteiger partial charge in [0.1, 0.15) is 11.5 Å². The van der Waals surface area contributed by atoms with Crippen LogP contribution in [-0.4, -0.2) is 44.9 Å². The van der Waals surface area contributed by atoms with Gasteiger partial charge in [0.15, 0.2) is 23.1 Å². The number of rotatable bonds is 10. The largest absolute Gasteiger partial charge is 0.493 e. The van der Waals surface area contributed by atoms with Gasteiger partial charge in [0, 0.05) is 61.5 Å². The van der Waals surface area contributed by atoms with Gasteiger partial charge in [-0.05, 0) is 43.2 Å². The number of nitrogens with one attached hydrogen (secondary N) is 3. The first-order chi connectivity index (χ1) is 20.7. The summed E-state index contributed by atoms with van der Waals surface area (Å²) in [6.07, 6.45) is 5.85. The van der Waals surface area contributed by atoms with Crippen molar-refractivity contribution in [3.05, 3.63) is 94.7 Å². The van der Waals surface area contributed by atoms with E-state index >= 15 is 8.78 Å². The standard InChI is InChI=1S/C32H36F2N6O3/c1-7-8-28-39(17-20-9-11-21(12-10-20)32(41)37-4)25-13-24(23(16-36-3)19(2)35)38-15-22(25)18-40(28)31-29(33)26(42-5)14-27(43-6)30(31)34/h8-16,35-36H,7,17-18H2,1-6H3,(H,37,41)/b23-16+,28-8-,35-19?. The number of amides is 1. The van der Waals surface area contributed by atoms with E-state index in [1.807, 2.05) is 36.1 Å². The van der Waals surface area contributed by atoms with Gasteiger partial charge in [0.2, 0.25) is 0 Å². The second-order valence-corrected chi connectivity index (χ2v) is 9.85. The predicted molar refractivity (Wildman–Crippen MR) is 165 cm³/mol. The van der Waals surface area contributed by atoms with Crippen LogP contribution in [0.3, 0.4) is 0 Å². The number of carbonyl (C=O) groups is 1. The maximum absolute atomic E-state index is 15.9. The number of hydrogen-bond acceptors (Lipinski definition) is 8. The summed E-state index contributed by atoms with van der Waals surface area (Å²) in [5.41, 5.74) is 4.06. The van der Waals surface area contributed by atoms with E-state index in [2.05, 4.69) is 15.6 Å². The van der Waals surface area contributed by atoms with E-state index in [1.165, 1.54) is 20.3 Å². The van der Waals surface area contributed by atoms with Crippen molar-refractivity contribution in [1.82, 2.24) is 15.6 Å². The van der Waals surface area contributed by atoms with E-state index < -0.39 is 11.6 Å². The first-order valence-electron chi connectivity index (χ1n) is 13.8. The number of anilines is 2. The van der Waals surface area contributed by atoms with Gasteiger partial charge in [-0.25, -0.2) is 8.78 Å². The summed E-state index contributed by atoms with van der Waals surface area (Å²) in [4.78, 5) is 20.3. The van der Waals surface area contributed by atoms with E-state index in [1.54, 1.807) is 50.4 Å². The Labute approximate surface area is 250 Å². The SMILES string of the molecule is CC/C=C1/N(Cc2ccc(C(=O)NC)cc2)c2cc(/C(=C/NC)C(C)=N)ncc2CN1c1c(F)c(OC)cc(OC)c1F. The number of aromatic nitrogens is 1. The fourth-order valence-corrected chi connectivity index (χ4v) is 4.99. The third kappa shape index (κ3) is 6.15. The minimum atomic E-state index is -0.857. The zero-order valence-electron chi connectivity index (χ0n) is 25.1. The number of halogens is 2. The molecule has 0 spiro atoms. The van der Waals surface area contributed by atoms with Gasteiger partial charge in [0.25, 0.3) is 5.91 Å². The number of hydrogen-bond donors (Lipinski definition) is 3. The lowest BCUT2D eigenvalue weighted by molar-refractivity contribution is 0.0963. The van der Waals surface area contributed by atoms with Crippen LogP contribution in [0.25, 0.3) is 5.57 Å². The number of ether oxygens (including phenoxy) is 2. The minimum Gasteiger partial charge on any atom is -0.493 e. The lowest BCUT2D eigenvalue weighted by atomic mass is 10.0. The summed E-state index contributed by atoms with van der Waals surface area (Å²) < 4.78 is 42.2. The first kappa shape index (κ1) is 31.0. The monoisotopic (exact) mass is 590 g/mol. The third-order valence-electron chi connectivity index (χ3n) is 7.09. The van der Waals surface area contributed by atoms with Gasteiger partial charge >= 0.3 is 0 Å². The Morgan fingerprint density at radius 1 is 1.09 bits per heavy atom. The average molecular weight is 591 g/mol. The Kier molecular flexibility index (Phi) is 9.64. The minimum absolute atomic E-state index is 0.110. The van der Waals surface area contributed by atoms with Crippen LogP contribution in [0.1, 0.15) is 47.4 Å². The number of nitrogens with zero attached hydrogens (tertiary/aromatic N) is 3. The molecule has 0 radical (unpaired) electrons. The molecule has 0 fully saturated rings. The van der Waals surface area contributed by atoms with Crippen LogP contribution in [0.4, 0.5) is 20.2 Å². The molecule has 11 heteroatoms. The highest BCUT2D eigenvalue weighted by Crippen LogP contribution is 2.44. The van der Waals surface area contributed by atoms with Crippen LogP contribution >= 0.6 is 0 Å². The number of methoxy groups -OCH3 is 2.